The van der Waals surface area contributed by atoms with Gasteiger partial charge >= 0.3 is 0 Å². The van der Waals surface area contributed by atoms with Gasteiger partial charge < -0.3 is 30.1 Å². The maximum Gasteiger partial charge on any atom is 0.247 e. The molecule has 2 fully saturated rings. The van der Waals surface area contributed by atoms with Crippen LogP contribution in [0.5, 0.6) is 5.75 Å². The number of ether oxygens (including phenoxy) is 1. The number of amides is 1. The zero-order valence-corrected chi connectivity index (χ0v) is 24.3. The SMILES string of the molecule is C=CC(=O)Nc1cc(Nc2ncc(Cl)c(N(C)C3CN(SC)C3)n2)c(OC)cc1N1CCC(N(C)C)CC1. The summed E-state index contributed by atoms with van der Waals surface area (Å²) in [5, 5.41) is 6.73. The van der Waals surface area contributed by atoms with Gasteiger partial charge in [-0.05, 0) is 45.3 Å². The lowest BCUT2D eigenvalue weighted by molar-refractivity contribution is -0.111. The molecule has 0 radical (unpaired) electrons. The lowest BCUT2D eigenvalue weighted by Crippen LogP contribution is -2.55. The van der Waals surface area contributed by atoms with Gasteiger partial charge in [-0.15, -0.1) is 0 Å². The molecule has 0 atom stereocenters. The first kappa shape index (κ1) is 28.3. The molecule has 2 aliphatic rings. The molecule has 10 nitrogen and oxygen atoms in total. The van der Waals surface area contributed by atoms with Crippen molar-refractivity contribution in [2.24, 2.45) is 0 Å². The highest BCUT2D eigenvalue weighted by molar-refractivity contribution is 7.96. The molecule has 0 saturated carbocycles. The standard InChI is InChI=1S/C26H37ClN8O2S/c1-7-24(36)29-20-12-21(23(37-5)13-22(20)34-10-8-17(9-11-34)32(2)3)30-26-28-14-19(27)25(31-26)33(4)18-15-35(16-18)38-6/h7,12-14,17-18H,1,8-11,15-16H2,2-6H3,(H,29,36)(H,28,30,31). The summed E-state index contributed by atoms with van der Waals surface area (Å²) in [6, 6.07) is 4.68. The number of methoxy groups -OCH3 is 1. The average molecular weight is 561 g/mol. The summed E-state index contributed by atoms with van der Waals surface area (Å²) in [6.45, 7) is 7.24. The normalized spacial score (nSPS) is 16.8. The number of carbonyl (C=O) groups excluding carboxylic acids is 1. The number of aromatic nitrogens is 2. The number of nitrogens with zero attached hydrogens (tertiary/aromatic N) is 6. The third-order valence-corrected chi connectivity index (χ3v) is 8.32. The van der Waals surface area contributed by atoms with Crippen LogP contribution in [0.1, 0.15) is 12.8 Å². The van der Waals surface area contributed by atoms with Crippen molar-refractivity contribution < 1.29 is 9.53 Å². The van der Waals surface area contributed by atoms with E-state index in [1.807, 2.05) is 19.2 Å². The Morgan fingerprint density at radius 3 is 2.53 bits per heavy atom. The summed E-state index contributed by atoms with van der Waals surface area (Å²) in [5.41, 5.74) is 2.20. The molecule has 2 N–H and O–H groups in total. The third-order valence-electron chi connectivity index (χ3n) is 7.24. The van der Waals surface area contributed by atoms with E-state index in [4.69, 9.17) is 21.3 Å². The third kappa shape index (κ3) is 6.28. The van der Waals surface area contributed by atoms with Crippen LogP contribution >= 0.6 is 23.5 Å². The minimum absolute atomic E-state index is 0.281. The predicted molar refractivity (Wildman–Crippen MR) is 158 cm³/mol. The number of hydrogen-bond donors (Lipinski definition) is 2. The molecule has 0 unspecified atom stereocenters. The van der Waals surface area contributed by atoms with E-state index in [9.17, 15) is 4.79 Å². The van der Waals surface area contributed by atoms with Gasteiger partial charge in [-0.25, -0.2) is 9.29 Å². The Morgan fingerprint density at radius 1 is 1.21 bits per heavy atom. The fourth-order valence-electron chi connectivity index (χ4n) is 4.77. The van der Waals surface area contributed by atoms with Crippen LogP contribution in [0.4, 0.5) is 28.8 Å². The minimum Gasteiger partial charge on any atom is -0.494 e. The van der Waals surface area contributed by atoms with E-state index < -0.39 is 0 Å². The second-order valence-corrected chi connectivity index (χ2v) is 11.0. The quantitative estimate of drug-likeness (QED) is 0.329. The van der Waals surface area contributed by atoms with E-state index in [-0.39, 0.29) is 5.91 Å². The number of benzene rings is 1. The van der Waals surface area contributed by atoms with E-state index in [1.54, 1.807) is 25.3 Å². The van der Waals surface area contributed by atoms with Crippen molar-refractivity contribution in [3.63, 3.8) is 0 Å². The van der Waals surface area contributed by atoms with Gasteiger partial charge in [0.25, 0.3) is 0 Å². The highest BCUT2D eigenvalue weighted by Gasteiger charge is 2.31. The van der Waals surface area contributed by atoms with Crippen LogP contribution in [-0.2, 0) is 4.79 Å². The van der Waals surface area contributed by atoms with Crippen LogP contribution in [0.25, 0.3) is 0 Å². The first-order valence-corrected chi connectivity index (χ1v) is 14.2. The molecule has 1 amide bonds. The Morgan fingerprint density at radius 2 is 1.92 bits per heavy atom. The summed E-state index contributed by atoms with van der Waals surface area (Å²) in [6.07, 6.45) is 7.02. The fraction of sp³-hybridized carbons (Fsp3) is 0.500. The Balaban J connectivity index is 1.61. The number of hydrogen-bond acceptors (Lipinski definition) is 10. The lowest BCUT2D eigenvalue weighted by atomic mass is 10.0. The molecule has 2 aliphatic heterocycles. The van der Waals surface area contributed by atoms with Gasteiger partial charge in [0, 0.05) is 45.3 Å². The molecule has 2 saturated heterocycles. The zero-order valence-electron chi connectivity index (χ0n) is 22.7. The zero-order chi connectivity index (χ0) is 27.4. The number of anilines is 5. The summed E-state index contributed by atoms with van der Waals surface area (Å²) < 4.78 is 8.04. The van der Waals surface area contributed by atoms with Gasteiger partial charge in [-0.3, -0.25) is 4.79 Å². The van der Waals surface area contributed by atoms with Gasteiger partial charge in [0.05, 0.1) is 36.4 Å². The Labute approximate surface area is 234 Å². The first-order chi connectivity index (χ1) is 18.2. The molecular formula is C26H37ClN8O2S. The van der Waals surface area contributed by atoms with Crippen molar-refractivity contribution in [3.8, 4) is 5.75 Å². The van der Waals surface area contributed by atoms with Crippen molar-refractivity contribution in [2.45, 2.75) is 24.9 Å². The highest BCUT2D eigenvalue weighted by atomic mass is 35.5. The Kier molecular flexibility index (Phi) is 9.24. The molecule has 4 rings (SSSR count). The van der Waals surface area contributed by atoms with Crippen LogP contribution < -0.4 is 25.2 Å². The smallest absolute Gasteiger partial charge is 0.247 e. The van der Waals surface area contributed by atoms with Gasteiger partial charge in [0.2, 0.25) is 11.9 Å². The molecule has 0 aliphatic carbocycles. The van der Waals surface area contributed by atoms with Gasteiger partial charge in [-0.2, -0.15) is 4.98 Å². The molecular weight excluding hydrogens is 524 g/mol. The van der Waals surface area contributed by atoms with E-state index >= 15 is 0 Å². The van der Waals surface area contributed by atoms with Crippen LogP contribution in [0, 0.1) is 0 Å². The summed E-state index contributed by atoms with van der Waals surface area (Å²) in [4.78, 5) is 28.1. The summed E-state index contributed by atoms with van der Waals surface area (Å²) in [5.74, 6) is 1.39. The monoisotopic (exact) mass is 560 g/mol. The number of rotatable bonds is 10. The van der Waals surface area contributed by atoms with Crippen LogP contribution in [0.3, 0.4) is 0 Å². The van der Waals surface area contributed by atoms with Crippen molar-refractivity contribution in [1.29, 1.82) is 0 Å². The van der Waals surface area contributed by atoms with E-state index in [0.29, 0.717) is 46.0 Å². The molecule has 0 spiro atoms. The average Bonchev–Trinajstić information content (AvgIpc) is 2.89. The predicted octanol–water partition coefficient (Wildman–Crippen LogP) is 3.94. The summed E-state index contributed by atoms with van der Waals surface area (Å²) in [7, 11) is 7.86. The molecule has 1 aromatic carbocycles. The van der Waals surface area contributed by atoms with E-state index in [1.165, 1.54) is 6.08 Å². The Bertz CT molecular complexity index is 1150. The van der Waals surface area contributed by atoms with E-state index in [0.717, 1.165) is 44.7 Å². The lowest BCUT2D eigenvalue weighted by Gasteiger charge is -2.43. The molecule has 0 bridgehead atoms. The molecule has 12 heteroatoms. The largest absolute Gasteiger partial charge is 0.494 e. The molecule has 1 aromatic heterocycles. The number of carbonyl (C=O) groups is 1. The fourth-order valence-corrected chi connectivity index (χ4v) is 5.64. The first-order valence-electron chi connectivity index (χ1n) is 12.6. The van der Waals surface area contributed by atoms with Gasteiger partial charge in [-0.1, -0.05) is 30.1 Å². The topological polar surface area (TPSA) is 89.1 Å². The molecule has 206 valence electrons. The van der Waals surface area contributed by atoms with Crippen molar-refractivity contribution >= 4 is 58.3 Å². The van der Waals surface area contributed by atoms with Gasteiger partial charge in [0.15, 0.2) is 5.82 Å². The minimum atomic E-state index is -0.281. The number of piperidine rings is 1. The maximum atomic E-state index is 12.3. The Hall–Kier alpha value is -2.73. The van der Waals surface area contributed by atoms with E-state index in [2.05, 4.69) is 61.6 Å². The number of halogens is 1. The van der Waals surface area contributed by atoms with Crippen molar-refractivity contribution in [2.75, 3.05) is 81.1 Å². The van der Waals surface area contributed by atoms with Gasteiger partial charge in [0.1, 0.15) is 10.8 Å². The highest BCUT2D eigenvalue weighted by Crippen LogP contribution is 2.40. The molecule has 2 aromatic rings. The van der Waals surface area contributed by atoms with Crippen molar-refractivity contribution in [3.05, 3.63) is 36.0 Å². The maximum absolute atomic E-state index is 12.3. The van der Waals surface area contributed by atoms with Crippen LogP contribution in [-0.4, -0.2) is 97.9 Å². The van der Waals surface area contributed by atoms with Crippen LogP contribution in [0.2, 0.25) is 5.02 Å². The van der Waals surface area contributed by atoms with Crippen LogP contribution in [0.15, 0.2) is 31.0 Å². The number of likely N-dealkylation sites (N-methyl/N-ethyl adjacent to an activating group) is 1. The number of nitrogens with one attached hydrogen (secondary N) is 2. The van der Waals surface area contributed by atoms with Crippen molar-refractivity contribution in [1.82, 2.24) is 19.2 Å². The second kappa shape index (κ2) is 12.4. The summed E-state index contributed by atoms with van der Waals surface area (Å²) >= 11 is 8.21. The second-order valence-electron chi connectivity index (χ2n) is 9.73. The molecule has 38 heavy (non-hydrogen) atoms. The molecule has 3 heterocycles.